The minimum atomic E-state index is -3.52. The molecule has 20 heavy (non-hydrogen) atoms. The molecule has 1 aromatic carbocycles. The van der Waals surface area contributed by atoms with Crippen LogP contribution in [0.1, 0.15) is 29.8 Å². The number of hydrogen-bond acceptors (Lipinski definition) is 5. The van der Waals surface area contributed by atoms with E-state index >= 15 is 0 Å². The summed E-state index contributed by atoms with van der Waals surface area (Å²) >= 11 is 0. The van der Waals surface area contributed by atoms with E-state index in [-0.39, 0.29) is 0 Å². The summed E-state index contributed by atoms with van der Waals surface area (Å²) in [4.78, 5) is 12.5. The molecule has 0 fully saturated rings. The Morgan fingerprint density at radius 3 is 1.95 bits per heavy atom. The predicted octanol–water partition coefficient (Wildman–Crippen LogP) is 2.02. The molecule has 1 aromatic rings. The fourth-order valence-electron chi connectivity index (χ4n) is 1.72. The first-order chi connectivity index (χ1) is 9.06. The van der Waals surface area contributed by atoms with Gasteiger partial charge in [-0.25, -0.2) is 8.42 Å². The van der Waals surface area contributed by atoms with Crippen LogP contribution in [0.15, 0.2) is 12.1 Å². The molecule has 0 atom stereocenters. The van der Waals surface area contributed by atoms with E-state index in [1.165, 1.54) is 34.1 Å². The van der Waals surface area contributed by atoms with Gasteiger partial charge in [0.25, 0.3) is 0 Å². The predicted molar refractivity (Wildman–Crippen MR) is 77.5 cm³/mol. The van der Waals surface area contributed by atoms with Crippen molar-refractivity contribution in [3.05, 3.63) is 23.3 Å². The maximum Gasteiger partial charge on any atom is 0.183 e. The van der Waals surface area contributed by atoms with Gasteiger partial charge < -0.3 is 9.47 Å². The van der Waals surface area contributed by atoms with Gasteiger partial charge >= 0.3 is 0 Å². The summed E-state index contributed by atoms with van der Waals surface area (Å²) in [6.07, 6.45) is 1.06. The molecule has 0 unspecified atom stereocenters. The van der Waals surface area contributed by atoms with Gasteiger partial charge in [0.1, 0.15) is 4.75 Å². The molecule has 112 valence electrons. The van der Waals surface area contributed by atoms with Crippen LogP contribution < -0.4 is 9.47 Å². The smallest absolute Gasteiger partial charge is 0.183 e. The fraction of sp³-hybridized carbons (Fsp3) is 0.500. The lowest BCUT2D eigenvalue weighted by atomic mass is 9.96. The fourth-order valence-corrected chi connectivity index (χ4v) is 2.16. The van der Waals surface area contributed by atoms with Crippen molar-refractivity contribution in [2.24, 2.45) is 0 Å². The van der Waals surface area contributed by atoms with Crippen molar-refractivity contribution in [2.75, 3.05) is 20.5 Å². The molecule has 0 spiro atoms. The molecule has 0 saturated heterocycles. The Bertz CT molecular complexity index is 629. The number of Topliss-reactive ketones (excluding diaryl/α,β-unsaturated/α-hetero) is 1. The molecule has 0 aromatic heterocycles. The van der Waals surface area contributed by atoms with Crippen molar-refractivity contribution in [1.82, 2.24) is 0 Å². The molecular weight excluding hydrogens is 280 g/mol. The number of ketones is 1. The van der Waals surface area contributed by atoms with Crippen molar-refractivity contribution in [3.8, 4) is 11.5 Å². The quantitative estimate of drug-likeness (QED) is 0.778. The number of carbonyl (C=O) groups is 1. The second kappa shape index (κ2) is 5.44. The number of methoxy groups -OCH3 is 2. The molecule has 0 aliphatic carbocycles. The van der Waals surface area contributed by atoms with Crippen molar-refractivity contribution >= 4 is 15.6 Å². The lowest BCUT2D eigenvalue weighted by Crippen LogP contribution is -2.40. The summed E-state index contributed by atoms with van der Waals surface area (Å²) in [5.74, 6) is 0.433. The molecule has 0 heterocycles. The third-order valence-corrected chi connectivity index (χ3v) is 5.49. The minimum absolute atomic E-state index is 0.318. The second-order valence-corrected chi connectivity index (χ2v) is 7.70. The van der Waals surface area contributed by atoms with Crippen LogP contribution in [-0.4, -0.2) is 39.4 Å². The Hall–Kier alpha value is -1.56. The van der Waals surface area contributed by atoms with E-state index in [0.717, 1.165) is 6.26 Å². The summed E-state index contributed by atoms with van der Waals surface area (Å²) in [5, 5.41) is 0. The lowest BCUT2D eigenvalue weighted by Gasteiger charge is -2.22. The number of benzene rings is 1. The number of carbonyl (C=O) groups excluding carboxylic acids is 1. The van der Waals surface area contributed by atoms with Crippen molar-refractivity contribution < 1.29 is 22.7 Å². The normalized spacial score (nSPS) is 12.1. The molecule has 5 nitrogen and oxygen atoms in total. The second-order valence-electron chi connectivity index (χ2n) is 5.13. The van der Waals surface area contributed by atoms with Gasteiger partial charge in [-0.05, 0) is 38.5 Å². The zero-order valence-electron chi connectivity index (χ0n) is 12.6. The van der Waals surface area contributed by atoms with Crippen LogP contribution in [0.4, 0.5) is 0 Å². The zero-order valence-corrected chi connectivity index (χ0v) is 13.4. The van der Waals surface area contributed by atoms with E-state index in [2.05, 4.69) is 0 Å². The number of rotatable bonds is 5. The molecule has 0 amide bonds. The molecular formula is C14H20O5S. The van der Waals surface area contributed by atoms with Crippen LogP contribution in [0.3, 0.4) is 0 Å². The van der Waals surface area contributed by atoms with E-state index in [9.17, 15) is 13.2 Å². The third kappa shape index (κ3) is 2.80. The van der Waals surface area contributed by atoms with Gasteiger partial charge in [-0.2, -0.15) is 0 Å². The number of hydrogen-bond donors (Lipinski definition) is 0. The first-order valence-corrected chi connectivity index (χ1v) is 7.92. The summed E-state index contributed by atoms with van der Waals surface area (Å²) in [7, 11) is -0.563. The maximum absolute atomic E-state index is 12.5. The molecule has 0 aliphatic heterocycles. The number of ether oxygens (including phenoxy) is 2. The Kier molecular flexibility index (Phi) is 4.49. The van der Waals surface area contributed by atoms with E-state index in [1.54, 1.807) is 13.0 Å². The average molecular weight is 300 g/mol. The standard InChI is InChI=1S/C14H20O5S/c1-9-7-11(18-4)12(19-5)8-10(9)13(15)14(2,3)20(6,16)17/h7-8H,1-6H3. The molecule has 6 heteroatoms. The highest BCUT2D eigenvalue weighted by Gasteiger charge is 2.39. The van der Waals surface area contributed by atoms with Gasteiger partial charge in [0.05, 0.1) is 14.2 Å². The number of sulfone groups is 1. The molecule has 0 N–H and O–H groups in total. The van der Waals surface area contributed by atoms with Crippen LogP contribution in [0.25, 0.3) is 0 Å². The monoisotopic (exact) mass is 300 g/mol. The van der Waals surface area contributed by atoms with Gasteiger partial charge in [-0.1, -0.05) is 0 Å². The van der Waals surface area contributed by atoms with Crippen LogP contribution in [0.5, 0.6) is 11.5 Å². The largest absolute Gasteiger partial charge is 0.493 e. The van der Waals surface area contributed by atoms with Crippen molar-refractivity contribution in [2.45, 2.75) is 25.5 Å². The van der Waals surface area contributed by atoms with E-state index in [0.29, 0.717) is 22.6 Å². The molecule has 0 radical (unpaired) electrons. The van der Waals surface area contributed by atoms with Gasteiger partial charge in [-0.15, -0.1) is 0 Å². The Labute approximate surface area is 119 Å². The molecule has 0 bridgehead atoms. The Morgan fingerprint density at radius 1 is 1.10 bits per heavy atom. The van der Waals surface area contributed by atoms with E-state index in [4.69, 9.17) is 9.47 Å². The van der Waals surface area contributed by atoms with Crippen LogP contribution in [0.2, 0.25) is 0 Å². The van der Waals surface area contributed by atoms with Gasteiger partial charge in [0.15, 0.2) is 27.1 Å². The summed E-state index contributed by atoms with van der Waals surface area (Å²) in [5.41, 5.74) is 0.961. The van der Waals surface area contributed by atoms with E-state index in [1.807, 2.05) is 0 Å². The maximum atomic E-state index is 12.5. The molecule has 0 aliphatic rings. The highest BCUT2D eigenvalue weighted by molar-refractivity contribution is 7.92. The highest BCUT2D eigenvalue weighted by Crippen LogP contribution is 2.33. The number of aryl methyl sites for hydroxylation is 1. The zero-order chi connectivity index (χ0) is 15.7. The lowest BCUT2D eigenvalue weighted by molar-refractivity contribution is 0.0953. The third-order valence-electron chi connectivity index (χ3n) is 3.45. The SMILES string of the molecule is COc1cc(C)c(C(=O)C(C)(C)S(C)(=O)=O)cc1OC. The first-order valence-electron chi connectivity index (χ1n) is 6.03. The van der Waals surface area contributed by atoms with Gasteiger partial charge in [0, 0.05) is 11.8 Å². The van der Waals surface area contributed by atoms with Gasteiger partial charge in [-0.3, -0.25) is 4.79 Å². The van der Waals surface area contributed by atoms with Crippen LogP contribution in [0, 0.1) is 6.92 Å². The average Bonchev–Trinajstić information content (AvgIpc) is 2.36. The Morgan fingerprint density at radius 2 is 1.55 bits per heavy atom. The summed E-state index contributed by atoms with van der Waals surface area (Å²) in [6, 6.07) is 3.17. The highest BCUT2D eigenvalue weighted by atomic mass is 32.2. The Balaban J connectivity index is 3.45. The van der Waals surface area contributed by atoms with Crippen molar-refractivity contribution in [3.63, 3.8) is 0 Å². The molecule has 0 saturated carbocycles. The summed E-state index contributed by atoms with van der Waals surface area (Å²) in [6.45, 7) is 4.54. The van der Waals surface area contributed by atoms with Crippen molar-refractivity contribution in [1.29, 1.82) is 0 Å². The topological polar surface area (TPSA) is 69.7 Å². The van der Waals surface area contributed by atoms with Crippen LogP contribution >= 0.6 is 0 Å². The van der Waals surface area contributed by atoms with Gasteiger partial charge in [0.2, 0.25) is 0 Å². The first kappa shape index (κ1) is 16.5. The molecule has 1 rings (SSSR count). The van der Waals surface area contributed by atoms with Crippen LogP contribution in [-0.2, 0) is 9.84 Å². The minimum Gasteiger partial charge on any atom is -0.493 e. The summed E-state index contributed by atoms with van der Waals surface area (Å²) < 4.78 is 32.4. The van der Waals surface area contributed by atoms with E-state index < -0.39 is 20.4 Å².